The number of nitrogens with zero attached hydrogens (tertiary/aromatic N) is 3. The average Bonchev–Trinajstić information content (AvgIpc) is 3.71. The Hall–Kier alpha value is -2.37. The van der Waals surface area contributed by atoms with Crippen molar-refractivity contribution in [2.45, 2.75) is 93.9 Å². The molecule has 7 rings (SSSR count). The minimum atomic E-state index is -4.36. The average molecular weight is 653 g/mol. The van der Waals surface area contributed by atoms with Crippen LogP contribution >= 0.6 is 11.6 Å². The second-order valence-electron chi connectivity index (χ2n) is 14.4. The zero-order valence-corrected chi connectivity index (χ0v) is 27.1. The Balaban J connectivity index is 1.22. The second-order valence-corrected chi connectivity index (χ2v) is 16.6. The lowest BCUT2D eigenvalue weighted by Crippen LogP contribution is -2.79. The first-order chi connectivity index (χ1) is 20.4. The Morgan fingerprint density at radius 2 is 1.75 bits per heavy atom. The molecule has 7 nitrogen and oxygen atoms in total. The molecule has 44 heavy (non-hydrogen) atoms. The first-order valence-electron chi connectivity index (χ1n) is 15.2. The van der Waals surface area contributed by atoms with Crippen LogP contribution < -0.4 is 5.32 Å². The highest BCUT2D eigenvalue weighted by atomic mass is 35.5. The third kappa shape index (κ3) is 5.30. The fourth-order valence-electron chi connectivity index (χ4n) is 7.61. The van der Waals surface area contributed by atoms with Gasteiger partial charge >= 0.3 is 6.18 Å². The Bertz CT molecular complexity index is 1530. The third-order valence-corrected chi connectivity index (χ3v) is 13.0. The number of halogens is 4. The van der Waals surface area contributed by atoms with E-state index in [0.29, 0.717) is 31.0 Å². The number of amidine groups is 1. The normalized spacial score (nSPS) is 32.6. The number of rotatable bonds is 10. The molecule has 1 aliphatic heterocycles. The van der Waals surface area contributed by atoms with Gasteiger partial charge in [-0.3, -0.25) is 9.79 Å². The number of carbonyl (C=O) groups excluding carboxylic acids is 1. The molecule has 4 fully saturated rings. The summed E-state index contributed by atoms with van der Waals surface area (Å²) in [5, 5.41) is 4.17. The number of likely N-dealkylation sites (N-methyl/N-ethyl adjacent to an activating group) is 1. The van der Waals surface area contributed by atoms with Gasteiger partial charge in [0.2, 0.25) is 15.9 Å². The van der Waals surface area contributed by atoms with Crippen LogP contribution in [-0.2, 0) is 14.8 Å². The molecule has 240 valence electrons. The van der Waals surface area contributed by atoms with Gasteiger partial charge in [0, 0.05) is 41.5 Å². The highest BCUT2D eigenvalue weighted by Crippen LogP contribution is 2.71. The molecule has 2 atom stereocenters. The molecule has 0 spiro atoms. The number of benzene rings is 1. The molecule has 1 heterocycles. The molecule has 5 aliphatic carbocycles. The Morgan fingerprint density at radius 3 is 2.32 bits per heavy atom. The molecule has 2 bridgehead atoms. The van der Waals surface area contributed by atoms with Gasteiger partial charge in [0.1, 0.15) is 5.84 Å². The quantitative estimate of drug-likeness (QED) is 0.335. The van der Waals surface area contributed by atoms with Gasteiger partial charge in [-0.25, -0.2) is 8.42 Å². The number of allylic oxidation sites excluding steroid dienone is 2. The van der Waals surface area contributed by atoms with Gasteiger partial charge in [-0.2, -0.15) is 17.5 Å². The van der Waals surface area contributed by atoms with E-state index in [0.717, 1.165) is 34.8 Å². The molecule has 1 unspecified atom stereocenters. The molecule has 0 radical (unpaired) electrons. The summed E-state index contributed by atoms with van der Waals surface area (Å²) in [6.45, 7) is 5.59. The molecule has 1 aromatic carbocycles. The topological polar surface area (TPSA) is 82.1 Å². The van der Waals surface area contributed by atoms with E-state index in [2.05, 4.69) is 18.3 Å². The van der Waals surface area contributed by atoms with E-state index in [1.165, 1.54) is 7.05 Å². The standard InChI is InChI=1S/C32H40ClF3N4O3S/c1-28(2)25(26(41)39(4)15-14-32(34,35)36)37-27(38-28)30-18-31(19-30,20-30)40(44(42,43)23-8-6-5-7-9-23)17-21-12-13-29(3,22-10-11-22)24(33)16-21/h5-9,12,16,22,25H,10-11,13-15,17-20H2,1-4H3,(H,37,38)/t25-,29?,30?,31?/m0/s1. The Morgan fingerprint density at radius 1 is 1.11 bits per heavy atom. The van der Waals surface area contributed by atoms with Crippen molar-refractivity contribution in [2.75, 3.05) is 20.1 Å². The summed E-state index contributed by atoms with van der Waals surface area (Å²) in [6.07, 6.45) is 3.38. The van der Waals surface area contributed by atoms with Gasteiger partial charge < -0.3 is 10.2 Å². The minimum Gasteiger partial charge on any atom is -0.366 e. The number of carbonyl (C=O) groups is 1. The molecule has 1 amide bonds. The predicted molar refractivity (Wildman–Crippen MR) is 164 cm³/mol. The van der Waals surface area contributed by atoms with E-state index in [1.807, 2.05) is 19.9 Å². The van der Waals surface area contributed by atoms with Crippen molar-refractivity contribution in [3.8, 4) is 0 Å². The molecule has 0 saturated heterocycles. The van der Waals surface area contributed by atoms with E-state index < -0.39 is 57.6 Å². The van der Waals surface area contributed by atoms with Crippen LogP contribution in [0.2, 0.25) is 0 Å². The molecule has 0 aromatic heterocycles. The first kappa shape index (κ1) is 31.6. The van der Waals surface area contributed by atoms with Crippen molar-refractivity contribution in [2.24, 2.45) is 21.7 Å². The molecular formula is C32H40ClF3N4O3S. The predicted octanol–water partition coefficient (Wildman–Crippen LogP) is 6.03. The van der Waals surface area contributed by atoms with E-state index in [1.54, 1.807) is 34.6 Å². The van der Waals surface area contributed by atoms with Crippen molar-refractivity contribution < 1.29 is 26.4 Å². The van der Waals surface area contributed by atoms with Crippen LogP contribution in [0.15, 0.2) is 63.0 Å². The fourth-order valence-corrected chi connectivity index (χ4v) is 9.76. The summed E-state index contributed by atoms with van der Waals surface area (Å²) < 4.78 is 68.3. The van der Waals surface area contributed by atoms with Gasteiger partial charge in [-0.15, -0.1) is 0 Å². The molecule has 1 aromatic rings. The largest absolute Gasteiger partial charge is 0.390 e. The monoisotopic (exact) mass is 652 g/mol. The highest BCUT2D eigenvalue weighted by molar-refractivity contribution is 7.89. The zero-order chi connectivity index (χ0) is 31.9. The maximum absolute atomic E-state index is 14.1. The van der Waals surface area contributed by atoms with Gasteiger partial charge in [0.25, 0.3) is 0 Å². The van der Waals surface area contributed by atoms with Crippen molar-refractivity contribution in [3.63, 3.8) is 0 Å². The van der Waals surface area contributed by atoms with E-state index >= 15 is 0 Å². The van der Waals surface area contributed by atoms with Crippen LogP contribution in [0.1, 0.15) is 65.7 Å². The second kappa shape index (κ2) is 10.3. The molecule has 4 saturated carbocycles. The van der Waals surface area contributed by atoms with Crippen molar-refractivity contribution in [1.82, 2.24) is 14.5 Å². The lowest BCUT2D eigenvalue weighted by atomic mass is 9.38. The summed E-state index contributed by atoms with van der Waals surface area (Å²) in [5.74, 6) is 0.737. The lowest BCUT2D eigenvalue weighted by Gasteiger charge is -2.73. The SMILES string of the molecule is CN(CCC(F)(F)F)C(=O)[C@@H]1N=C(C23CC(N(CC4=CCC(C)(C5CC5)C(Cl)=C4)S(=O)(=O)c4ccccc4)(C2)C3)NC1(C)C. The number of aliphatic imine (C=N–C) groups is 1. The van der Waals surface area contributed by atoms with Crippen molar-refractivity contribution in [3.05, 3.63) is 53.1 Å². The summed E-state index contributed by atoms with van der Waals surface area (Å²) in [5.41, 5.74) is -1.01. The molecule has 12 heteroatoms. The Labute approximate surface area is 262 Å². The van der Waals surface area contributed by atoms with Gasteiger partial charge in [-0.1, -0.05) is 42.8 Å². The van der Waals surface area contributed by atoms with Crippen LogP contribution in [0.5, 0.6) is 0 Å². The summed E-state index contributed by atoms with van der Waals surface area (Å²) >= 11 is 6.82. The number of amides is 1. The smallest absolute Gasteiger partial charge is 0.366 e. The maximum Gasteiger partial charge on any atom is 0.390 e. The van der Waals surface area contributed by atoms with Gasteiger partial charge in [0.05, 0.1) is 16.9 Å². The first-order valence-corrected chi connectivity index (χ1v) is 17.1. The number of sulfonamides is 1. The third-order valence-electron chi connectivity index (χ3n) is 10.5. The van der Waals surface area contributed by atoms with Crippen LogP contribution in [0.3, 0.4) is 0 Å². The van der Waals surface area contributed by atoms with Crippen molar-refractivity contribution in [1.29, 1.82) is 0 Å². The molecular weight excluding hydrogens is 613 g/mol. The van der Waals surface area contributed by atoms with Crippen LogP contribution in [0, 0.1) is 16.7 Å². The number of hydrogen-bond donors (Lipinski definition) is 1. The van der Waals surface area contributed by atoms with Gasteiger partial charge in [-0.05, 0) is 82.1 Å². The van der Waals surface area contributed by atoms with Gasteiger partial charge in [0.15, 0.2) is 6.04 Å². The highest BCUT2D eigenvalue weighted by Gasteiger charge is 2.75. The summed E-state index contributed by atoms with van der Waals surface area (Å²) in [4.78, 5) is 19.2. The van der Waals surface area contributed by atoms with Crippen LogP contribution in [0.25, 0.3) is 0 Å². The Kier molecular flexibility index (Phi) is 7.41. The summed E-state index contributed by atoms with van der Waals surface area (Å²) in [7, 11) is -2.48. The van der Waals surface area contributed by atoms with E-state index in [-0.39, 0.29) is 16.9 Å². The lowest BCUT2D eigenvalue weighted by molar-refractivity contribution is -0.146. The maximum atomic E-state index is 14.1. The number of nitrogens with one attached hydrogen (secondary N) is 1. The number of alkyl halides is 3. The van der Waals surface area contributed by atoms with Crippen molar-refractivity contribution >= 4 is 33.4 Å². The number of hydrogen-bond acceptors (Lipinski definition) is 5. The molecule has 1 N–H and O–H groups in total. The van der Waals surface area contributed by atoms with E-state index in [4.69, 9.17) is 16.6 Å². The van der Waals surface area contributed by atoms with E-state index in [9.17, 15) is 26.4 Å². The van der Waals surface area contributed by atoms with Crippen LogP contribution in [0.4, 0.5) is 13.2 Å². The molecule has 6 aliphatic rings. The summed E-state index contributed by atoms with van der Waals surface area (Å²) in [6, 6.07) is 7.58. The minimum absolute atomic E-state index is 0.0948. The fraction of sp³-hybridized carbons (Fsp3) is 0.625. The van der Waals surface area contributed by atoms with Crippen LogP contribution in [-0.4, -0.2) is 72.8 Å². The zero-order valence-electron chi connectivity index (χ0n) is 25.5.